The average Bonchev–Trinajstić information content (AvgIpc) is 2.85. The second-order valence-electron chi connectivity index (χ2n) is 9.06. The molecule has 0 atom stereocenters. The fourth-order valence-corrected chi connectivity index (χ4v) is 5.55. The van der Waals surface area contributed by atoms with Crippen molar-refractivity contribution in [2.24, 2.45) is 0 Å². The van der Waals surface area contributed by atoms with Crippen molar-refractivity contribution in [1.82, 2.24) is 0 Å². The van der Waals surface area contributed by atoms with Gasteiger partial charge in [0.1, 0.15) is 6.04 Å². The van der Waals surface area contributed by atoms with Crippen molar-refractivity contribution in [3.05, 3.63) is 125 Å². The SMILES string of the molecule is C[N+](C)(CCCNc1cc(Cl)ccc1Sc1ccccc1)C(c1ccccc1)c1ccccc1.[Br-]. The lowest BCUT2D eigenvalue weighted by atomic mass is 9.95. The highest BCUT2D eigenvalue weighted by molar-refractivity contribution is 7.99. The van der Waals surface area contributed by atoms with Gasteiger partial charge in [0.05, 0.1) is 20.6 Å². The minimum absolute atomic E-state index is 0. The molecule has 0 unspecified atom stereocenters. The third-order valence-corrected chi connectivity index (χ3v) is 7.39. The molecule has 35 heavy (non-hydrogen) atoms. The molecule has 0 saturated carbocycles. The van der Waals surface area contributed by atoms with Gasteiger partial charge in [-0.05, 0) is 30.3 Å². The number of benzene rings is 4. The van der Waals surface area contributed by atoms with E-state index in [2.05, 4.69) is 110 Å². The lowest BCUT2D eigenvalue weighted by Gasteiger charge is -2.39. The highest BCUT2D eigenvalue weighted by Gasteiger charge is 2.31. The van der Waals surface area contributed by atoms with Gasteiger partial charge >= 0.3 is 0 Å². The van der Waals surface area contributed by atoms with Crippen LogP contribution in [0.4, 0.5) is 5.69 Å². The van der Waals surface area contributed by atoms with Crippen LogP contribution in [0.5, 0.6) is 0 Å². The largest absolute Gasteiger partial charge is 1.00 e. The summed E-state index contributed by atoms with van der Waals surface area (Å²) in [5, 5.41) is 4.40. The average molecular weight is 568 g/mol. The normalized spacial score (nSPS) is 11.2. The molecular formula is C30H32BrClN2S. The highest BCUT2D eigenvalue weighted by Crippen LogP contribution is 2.35. The first-order valence-electron chi connectivity index (χ1n) is 11.7. The van der Waals surface area contributed by atoms with Gasteiger partial charge in [0.2, 0.25) is 0 Å². The summed E-state index contributed by atoms with van der Waals surface area (Å²) in [7, 11) is 4.67. The van der Waals surface area contributed by atoms with Crippen LogP contribution in [-0.4, -0.2) is 31.7 Å². The summed E-state index contributed by atoms with van der Waals surface area (Å²) in [5.74, 6) is 0. The Morgan fingerprint density at radius 2 is 1.31 bits per heavy atom. The van der Waals surface area contributed by atoms with Gasteiger partial charge in [-0.15, -0.1) is 0 Å². The minimum atomic E-state index is 0. The maximum Gasteiger partial charge on any atom is 0.140 e. The zero-order chi connectivity index (χ0) is 23.8. The van der Waals surface area contributed by atoms with Crippen LogP contribution in [0.1, 0.15) is 23.6 Å². The van der Waals surface area contributed by atoms with Crippen LogP contribution in [0.3, 0.4) is 0 Å². The molecule has 4 aromatic carbocycles. The minimum Gasteiger partial charge on any atom is -1.00 e. The van der Waals surface area contributed by atoms with Crippen LogP contribution < -0.4 is 22.3 Å². The Morgan fingerprint density at radius 1 is 0.771 bits per heavy atom. The molecule has 4 rings (SSSR count). The number of quaternary nitrogens is 1. The number of anilines is 1. The van der Waals surface area contributed by atoms with Gasteiger partial charge in [-0.2, -0.15) is 0 Å². The Kier molecular flexibility index (Phi) is 10.3. The van der Waals surface area contributed by atoms with E-state index in [0.717, 1.165) is 34.7 Å². The van der Waals surface area contributed by atoms with Gasteiger partial charge in [0, 0.05) is 44.6 Å². The number of hydrogen-bond acceptors (Lipinski definition) is 2. The van der Waals surface area contributed by atoms with E-state index in [4.69, 9.17) is 11.6 Å². The fraction of sp³-hybridized carbons (Fsp3) is 0.200. The Hall–Kier alpha value is -2.24. The molecule has 0 heterocycles. The van der Waals surface area contributed by atoms with E-state index in [1.54, 1.807) is 11.8 Å². The summed E-state index contributed by atoms with van der Waals surface area (Å²) in [6.45, 7) is 1.93. The fourth-order valence-electron chi connectivity index (χ4n) is 4.45. The molecule has 0 bridgehead atoms. The highest BCUT2D eigenvalue weighted by atomic mass is 79.9. The molecule has 0 fully saturated rings. The van der Waals surface area contributed by atoms with Gasteiger partial charge in [-0.3, -0.25) is 0 Å². The molecule has 2 nitrogen and oxygen atoms in total. The maximum atomic E-state index is 6.33. The van der Waals surface area contributed by atoms with Crippen molar-refractivity contribution in [3.63, 3.8) is 0 Å². The molecule has 0 spiro atoms. The van der Waals surface area contributed by atoms with E-state index < -0.39 is 0 Å². The van der Waals surface area contributed by atoms with Crippen molar-refractivity contribution in [1.29, 1.82) is 0 Å². The zero-order valence-electron chi connectivity index (χ0n) is 20.2. The second kappa shape index (κ2) is 13.2. The quantitative estimate of drug-likeness (QED) is 0.210. The summed E-state index contributed by atoms with van der Waals surface area (Å²) in [6.07, 6.45) is 1.05. The lowest BCUT2D eigenvalue weighted by molar-refractivity contribution is -0.915. The van der Waals surface area contributed by atoms with Crippen molar-refractivity contribution in [2.45, 2.75) is 22.3 Å². The molecule has 0 aromatic heterocycles. The topological polar surface area (TPSA) is 12.0 Å². The third kappa shape index (κ3) is 7.62. The number of nitrogens with one attached hydrogen (secondary N) is 1. The summed E-state index contributed by atoms with van der Waals surface area (Å²) in [4.78, 5) is 2.41. The van der Waals surface area contributed by atoms with Crippen LogP contribution in [0.2, 0.25) is 5.02 Å². The number of nitrogens with zero attached hydrogens (tertiary/aromatic N) is 1. The van der Waals surface area contributed by atoms with E-state index in [9.17, 15) is 0 Å². The summed E-state index contributed by atoms with van der Waals surface area (Å²) in [6, 6.07) is 38.5. The molecule has 0 aliphatic rings. The third-order valence-electron chi connectivity index (χ3n) is 6.07. The number of rotatable bonds is 10. The van der Waals surface area contributed by atoms with E-state index in [0.29, 0.717) is 0 Å². The second-order valence-corrected chi connectivity index (χ2v) is 10.6. The Morgan fingerprint density at radius 3 is 1.89 bits per heavy atom. The van der Waals surface area contributed by atoms with Crippen molar-refractivity contribution in [3.8, 4) is 0 Å². The monoisotopic (exact) mass is 566 g/mol. The maximum absolute atomic E-state index is 6.33. The van der Waals surface area contributed by atoms with Crippen LogP contribution >= 0.6 is 23.4 Å². The standard InChI is InChI=1S/C30H32ClN2S.BrH/c1-33(2,30(24-13-6-3-7-14-24)25-15-8-4-9-16-25)22-12-21-32-28-23-26(31)19-20-29(28)34-27-17-10-5-11-18-27;/h3-11,13-20,23,30,32H,12,21-22H2,1-2H3;1H/q+1;/p-1. The van der Waals surface area contributed by atoms with Gasteiger partial charge in [-0.1, -0.05) is 102 Å². The van der Waals surface area contributed by atoms with Gasteiger partial charge < -0.3 is 26.8 Å². The molecule has 0 aliphatic carbocycles. The Labute approximate surface area is 229 Å². The van der Waals surface area contributed by atoms with Crippen molar-refractivity contribution < 1.29 is 21.5 Å². The predicted octanol–water partition coefficient (Wildman–Crippen LogP) is 5.16. The van der Waals surface area contributed by atoms with Crippen LogP contribution in [0, 0.1) is 0 Å². The zero-order valence-corrected chi connectivity index (χ0v) is 23.4. The molecule has 0 amide bonds. The first-order valence-corrected chi connectivity index (χ1v) is 12.9. The van der Waals surface area contributed by atoms with Crippen LogP contribution in [-0.2, 0) is 0 Å². The summed E-state index contributed by atoms with van der Waals surface area (Å²) in [5.41, 5.74) is 3.79. The summed E-state index contributed by atoms with van der Waals surface area (Å²) < 4.78 is 0.886. The van der Waals surface area contributed by atoms with Gasteiger partial charge in [0.15, 0.2) is 0 Å². The molecule has 0 aliphatic heterocycles. The molecule has 182 valence electrons. The van der Waals surface area contributed by atoms with Crippen LogP contribution in [0.15, 0.2) is 119 Å². The first-order chi connectivity index (χ1) is 16.5. The molecular weight excluding hydrogens is 536 g/mol. The predicted molar refractivity (Wildman–Crippen MR) is 147 cm³/mol. The molecule has 0 saturated heterocycles. The van der Waals surface area contributed by atoms with Crippen molar-refractivity contribution >= 4 is 29.1 Å². The number of halogens is 2. The first kappa shape index (κ1) is 27.3. The number of hydrogen-bond donors (Lipinski definition) is 1. The van der Waals surface area contributed by atoms with Crippen LogP contribution in [0.25, 0.3) is 0 Å². The van der Waals surface area contributed by atoms with E-state index in [1.807, 2.05) is 18.2 Å². The van der Waals surface area contributed by atoms with E-state index in [1.165, 1.54) is 20.9 Å². The van der Waals surface area contributed by atoms with Gasteiger partial charge in [0.25, 0.3) is 0 Å². The Balaban J connectivity index is 0.00000342. The summed E-state index contributed by atoms with van der Waals surface area (Å²) >= 11 is 8.09. The smallest absolute Gasteiger partial charge is 0.140 e. The van der Waals surface area contributed by atoms with E-state index in [-0.39, 0.29) is 23.0 Å². The lowest BCUT2D eigenvalue weighted by Crippen LogP contribution is -3.00. The molecule has 4 aromatic rings. The van der Waals surface area contributed by atoms with Gasteiger partial charge in [-0.25, -0.2) is 0 Å². The van der Waals surface area contributed by atoms with Crippen molar-refractivity contribution in [2.75, 3.05) is 32.5 Å². The Bertz CT molecular complexity index is 1130. The molecule has 5 heteroatoms. The van der Waals surface area contributed by atoms with E-state index >= 15 is 0 Å². The molecule has 1 N–H and O–H groups in total. The molecule has 0 radical (unpaired) electrons.